The van der Waals surface area contributed by atoms with Crippen LogP contribution in [0.4, 0.5) is 11.4 Å². The smallest absolute Gasteiger partial charge is 0.219 e. The van der Waals surface area contributed by atoms with Crippen LogP contribution in [0.25, 0.3) is 0 Å². The zero-order valence-electron chi connectivity index (χ0n) is 10.4. The van der Waals surface area contributed by atoms with Gasteiger partial charge in [0.1, 0.15) is 0 Å². The molecule has 1 aromatic rings. The van der Waals surface area contributed by atoms with Crippen LogP contribution in [0.2, 0.25) is 0 Å². The fourth-order valence-electron chi connectivity index (χ4n) is 2.27. The fourth-order valence-corrected chi connectivity index (χ4v) is 2.27. The molecule has 0 saturated carbocycles. The summed E-state index contributed by atoms with van der Waals surface area (Å²) in [5.41, 5.74) is 7.49. The lowest BCUT2D eigenvalue weighted by Gasteiger charge is -2.42. The van der Waals surface area contributed by atoms with Gasteiger partial charge in [-0.05, 0) is 26.0 Å². The standard InChI is InChI=1S/C13H19N3O/c1-13(2)9-16(8-7-12(14)17)11-6-4-3-5-10(11)15-13/h3-6,15H,7-9H2,1-2H3,(H2,14,17). The molecule has 0 spiro atoms. The molecule has 0 unspecified atom stereocenters. The molecule has 4 heteroatoms. The van der Waals surface area contributed by atoms with Gasteiger partial charge in [0.2, 0.25) is 5.91 Å². The average molecular weight is 233 g/mol. The summed E-state index contributed by atoms with van der Waals surface area (Å²) in [7, 11) is 0. The number of carbonyl (C=O) groups is 1. The Labute approximate surface area is 102 Å². The van der Waals surface area contributed by atoms with Gasteiger partial charge < -0.3 is 16.0 Å². The number of nitrogens with zero attached hydrogens (tertiary/aromatic N) is 1. The van der Waals surface area contributed by atoms with Crippen LogP contribution in [0.5, 0.6) is 0 Å². The Hall–Kier alpha value is -1.71. The van der Waals surface area contributed by atoms with Crippen molar-refractivity contribution in [2.24, 2.45) is 5.73 Å². The van der Waals surface area contributed by atoms with E-state index in [2.05, 4.69) is 36.2 Å². The first-order valence-corrected chi connectivity index (χ1v) is 5.88. The van der Waals surface area contributed by atoms with Gasteiger partial charge in [-0.1, -0.05) is 12.1 Å². The molecule has 0 aliphatic carbocycles. The molecule has 0 bridgehead atoms. The molecule has 0 radical (unpaired) electrons. The molecule has 1 heterocycles. The maximum atomic E-state index is 10.9. The molecule has 1 aliphatic rings. The molecule has 3 N–H and O–H groups in total. The Morgan fingerprint density at radius 1 is 1.47 bits per heavy atom. The van der Waals surface area contributed by atoms with Crippen LogP contribution < -0.4 is 16.0 Å². The highest BCUT2D eigenvalue weighted by Gasteiger charge is 2.28. The number of nitrogens with two attached hydrogens (primary N) is 1. The second-order valence-electron chi connectivity index (χ2n) is 5.16. The van der Waals surface area contributed by atoms with Crippen molar-refractivity contribution in [1.82, 2.24) is 0 Å². The minimum Gasteiger partial charge on any atom is -0.377 e. The van der Waals surface area contributed by atoms with Crippen LogP contribution in [0.15, 0.2) is 24.3 Å². The molecule has 17 heavy (non-hydrogen) atoms. The molecule has 4 nitrogen and oxygen atoms in total. The van der Waals surface area contributed by atoms with Crippen molar-refractivity contribution in [1.29, 1.82) is 0 Å². The van der Waals surface area contributed by atoms with Gasteiger partial charge in [-0.3, -0.25) is 4.79 Å². The van der Waals surface area contributed by atoms with E-state index < -0.39 is 0 Å². The lowest BCUT2D eigenvalue weighted by atomic mass is 9.99. The number of carbonyl (C=O) groups excluding carboxylic acids is 1. The van der Waals surface area contributed by atoms with Gasteiger partial charge in [-0.2, -0.15) is 0 Å². The van der Waals surface area contributed by atoms with E-state index in [9.17, 15) is 4.79 Å². The quantitative estimate of drug-likeness (QED) is 0.833. The van der Waals surface area contributed by atoms with E-state index in [1.807, 2.05) is 12.1 Å². The summed E-state index contributed by atoms with van der Waals surface area (Å²) in [6, 6.07) is 8.15. The van der Waals surface area contributed by atoms with Crippen LogP contribution >= 0.6 is 0 Å². The Kier molecular flexibility index (Phi) is 2.96. The third kappa shape index (κ3) is 2.70. The van der Waals surface area contributed by atoms with Crippen molar-refractivity contribution in [3.63, 3.8) is 0 Å². The second-order valence-corrected chi connectivity index (χ2v) is 5.16. The molecule has 2 rings (SSSR count). The van der Waals surface area contributed by atoms with Crippen LogP contribution in [-0.2, 0) is 4.79 Å². The number of benzene rings is 1. The van der Waals surface area contributed by atoms with Gasteiger partial charge >= 0.3 is 0 Å². The lowest BCUT2D eigenvalue weighted by molar-refractivity contribution is -0.117. The van der Waals surface area contributed by atoms with E-state index in [1.165, 1.54) is 0 Å². The summed E-state index contributed by atoms with van der Waals surface area (Å²) in [4.78, 5) is 13.1. The summed E-state index contributed by atoms with van der Waals surface area (Å²) in [6.07, 6.45) is 0.393. The Bertz CT molecular complexity index is 428. The molecule has 1 aliphatic heterocycles. The largest absolute Gasteiger partial charge is 0.377 e. The Morgan fingerprint density at radius 2 is 2.18 bits per heavy atom. The molecule has 0 saturated heterocycles. The summed E-state index contributed by atoms with van der Waals surface area (Å²) < 4.78 is 0. The highest BCUT2D eigenvalue weighted by molar-refractivity contribution is 5.77. The third-order valence-electron chi connectivity index (χ3n) is 2.93. The van der Waals surface area contributed by atoms with Gasteiger partial charge in [-0.15, -0.1) is 0 Å². The highest BCUT2D eigenvalue weighted by Crippen LogP contribution is 2.33. The average Bonchev–Trinajstić information content (AvgIpc) is 2.24. The number of para-hydroxylation sites is 2. The maximum absolute atomic E-state index is 10.9. The number of nitrogens with one attached hydrogen (secondary N) is 1. The van der Waals surface area contributed by atoms with Gasteiger partial charge in [-0.25, -0.2) is 0 Å². The number of fused-ring (bicyclic) bond motifs is 1. The van der Waals surface area contributed by atoms with E-state index in [-0.39, 0.29) is 11.4 Å². The Balaban J connectivity index is 2.23. The van der Waals surface area contributed by atoms with Crippen molar-refractivity contribution in [3.8, 4) is 0 Å². The lowest BCUT2D eigenvalue weighted by Crippen LogP contribution is -2.49. The SMILES string of the molecule is CC1(C)CN(CCC(N)=O)c2ccccc2N1. The van der Waals surface area contributed by atoms with E-state index in [1.54, 1.807) is 0 Å². The van der Waals surface area contributed by atoms with E-state index in [0.29, 0.717) is 13.0 Å². The number of hydrogen-bond donors (Lipinski definition) is 2. The molecule has 1 amide bonds. The molecule has 92 valence electrons. The number of primary amides is 1. The fraction of sp³-hybridized carbons (Fsp3) is 0.462. The van der Waals surface area contributed by atoms with Crippen LogP contribution in [-0.4, -0.2) is 24.5 Å². The van der Waals surface area contributed by atoms with Crippen molar-refractivity contribution < 1.29 is 4.79 Å². The summed E-state index contributed by atoms with van der Waals surface area (Å²) in [6.45, 7) is 5.86. The summed E-state index contributed by atoms with van der Waals surface area (Å²) in [5.74, 6) is -0.251. The van der Waals surface area contributed by atoms with Gasteiger partial charge in [0, 0.05) is 25.0 Å². The van der Waals surface area contributed by atoms with E-state index in [4.69, 9.17) is 5.73 Å². The van der Waals surface area contributed by atoms with Gasteiger partial charge in [0.05, 0.1) is 11.4 Å². The second kappa shape index (κ2) is 4.28. The van der Waals surface area contributed by atoms with Crippen LogP contribution in [0, 0.1) is 0 Å². The first-order valence-electron chi connectivity index (χ1n) is 5.88. The zero-order chi connectivity index (χ0) is 12.5. The summed E-state index contributed by atoms with van der Waals surface area (Å²) >= 11 is 0. The van der Waals surface area contributed by atoms with Gasteiger partial charge in [0.25, 0.3) is 0 Å². The van der Waals surface area contributed by atoms with E-state index in [0.717, 1.165) is 17.9 Å². The summed E-state index contributed by atoms with van der Waals surface area (Å²) in [5, 5.41) is 3.50. The monoisotopic (exact) mass is 233 g/mol. The predicted octanol–water partition coefficient (Wildman–Crippen LogP) is 1.57. The van der Waals surface area contributed by atoms with Crippen LogP contribution in [0.3, 0.4) is 0 Å². The maximum Gasteiger partial charge on any atom is 0.219 e. The molecule has 0 atom stereocenters. The normalized spacial score (nSPS) is 17.2. The molecular weight excluding hydrogens is 214 g/mol. The highest BCUT2D eigenvalue weighted by atomic mass is 16.1. The number of rotatable bonds is 3. The van der Waals surface area contributed by atoms with E-state index >= 15 is 0 Å². The Morgan fingerprint density at radius 3 is 2.88 bits per heavy atom. The van der Waals surface area contributed by atoms with Crippen molar-refractivity contribution in [2.45, 2.75) is 25.8 Å². The third-order valence-corrected chi connectivity index (χ3v) is 2.93. The minimum atomic E-state index is -0.251. The topological polar surface area (TPSA) is 58.4 Å². The number of anilines is 2. The minimum absolute atomic E-state index is 0.00595. The first-order chi connectivity index (χ1) is 7.98. The number of hydrogen-bond acceptors (Lipinski definition) is 3. The molecular formula is C13H19N3O. The van der Waals surface area contributed by atoms with Gasteiger partial charge in [0.15, 0.2) is 0 Å². The van der Waals surface area contributed by atoms with Crippen LogP contribution in [0.1, 0.15) is 20.3 Å². The van der Waals surface area contributed by atoms with Crippen molar-refractivity contribution in [3.05, 3.63) is 24.3 Å². The zero-order valence-corrected chi connectivity index (χ0v) is 10.4. The van der Waals surface area contributed by atoms with Crippen molar-refractivity contribution >= 4 is 17.3 Å². The number of amides is 1. The molecule has 0 fully saturated rings. The molecule has 0 aromatic heterocycles. The predicted molar refractivity (Wildman–Crippen MR) is 70.2 cm³/mol. The molecule has 1 aromatic carbocycles. The van der Waals surface area contributed by atoms with Crippen molar-refractivity contribution in [2.75, 3.05) is 23.3 Å². The first kappa shape index (κ1) is 11.8.